The minimum atomic E-state index is -0.857. The molecule has 0 bridgehead atoms. The van der Waals surface area contributed by atoms with Crippen LogP contribution in [0, 0.1) is 5.92 Å². The van der Waals surface area contributed by atoms with Crippen LogP contribution in [0.25, 0.3) is 0 Å². The maximum Gasteiger partial charge on any atom is 0.325 e. The minimum absolute atomic E-state index is 0.294. The van der Waals surface area contributed by atoms with Gasteiger partial charge in [-0.15, -0.1) is 0 Å². The van der Waals surface area contributed by atoms with Gasteiger partial charge in [-0.05, 0) is 46.1 Å². The van der Waals surface area contributed by atoms with Crippen molar-refractivity contribution in [3.05, 3.63) is 0 Å². The van der Waals surface area contributed by atoms with E-state index in [4.69, 9.17) is 10.5 Å². The Morgan fingerprint density at radius 2 is 2.18 bits per heavy atom. The lowest BCUT2D eigenvalue weighted by atomic mass is 9.85. The molecular formula is C13H26N2O2. The molecule has 1 atom stereocenters. The van der Waals surface area contributed by atoms with Crippen molar-refractivity contribution in [2.24, 2.45) is 11.7 Å². The predicted molar refractivity (Wildman–Crippen MR) is 68.7 cm³/mol. The zero-order chi connectivity index (χ0) is 12.9. The fourth-order valence-corrected chi connectivity index (χ4v) is 2.03. The maximum absolute atomic E-state index is 11.6. The van der Waals surface area contributed by atoms with Crippen LogP contribution in [-0.2, 0) is 9.53 Å². The first-order valence-electron chi connectivity index (χ1n) is 6.60. The summed E-state index contributed by atoms with van der Waals surface area (Å²) in [4.78, 5) is 13.9. The van der Waals surface area contributed by atoms with E-state index in [-0.39, 0.29) is 5.97 Å². The molecule has 0 aromatic carbocycles. The Bertz CT molecular complexity index is 250. The molecule has 2 N–H and O–H groups in total. The Kier molecular flexibility index (Phi) is 5.40. The highest BCUT2D eigenvalue weighted by atomic mass is 16.5. The highest BCUT2D eigenvalue weighted by molar-refractivity contribution is 5.79. The number of esters is 1. The molecule has 1 rings (SSSR count). The van der Waals surface area contributed by atoms with Gasteiger partial charge in [-0.3, -0.25) is 4.79 Å². The third-order valence-electron chi connectivity index (χ3n) is 3.55. The summed E-state index contributed by atoms with van der Waals surface area (Å²) in [5, 5.41) is 0. The van der Waals surface area contributed by atoms with Gasteiger partial charge >= 0.3 is 5.97 Å². The number of ether oxygens (including phenoxy) is 1. The topological polar surface area (TPSA) is 55.6 Å². The third-order valence-corrected chi connectivity index (χ3v) is 3.55. The number of nitrogens with two attached hydrogens (primary N) is 1. The fourth-order valence-electron chi connectivity index (χ4n) is 2.03. The Hall–Kier alpha value is -0.610. The number of hydrogen-bond donors (Lipinski definition) is 1. The monoisotopic (exact) mass is 242 g/mol. The van der Waals surface area contributed by atoms with Gasteiger partial charge in [-0.25, -0.2) is 0 Å². The van der Waals surface area contributed by atoms with Crippen molar-refractivity contribution in [2.75, 3.05) is 26.7 Å². The van der Waals surface area contributed by atoms with E-state index in [9.17, 15) is 4.79 Å². The van der Waals surface area contributed by atoms with Crippen LogP contribution < -0.4 is 5.73 Å². The average Bonchev–Trinajstić information content (AvgIpc) is 2.21. The van der Waals surface area contributed by atoms with Gasteiger partial charge in [0.1, 0.15) is 5.54 Å². The molecule has 0 aromatic heterocycles. The van der Waals surface area contributed by atoms with Gasteiger partial charge < -0.3 is 15.4 Å². The largest absolute Gasteiger partial charge is 0.465 e. The molecule has 0 saturated heterocycles. The van der Waals surface area contributed by atoms with Crippen LogP contribution in [-0.4, -0.2) is 43.2 Å². The molecule has 0 amide bonds. The van der Waals surface area contributed by atoms with Crippen molar-refractivity contribution < 1.29 is 9.53 Å². The summed E-state index contributed by atoms with van der Waals surface area (Å²) in [6.45, 7) is 5.92. The standard InChI is InChI=1S/C13H26N2O2/c1-4-17-12(16)13(2,14)8-9-15(3)10-11-6-5-7-11/h11H,4-10,14H2,1-3H3. The second kappa shape index (κ2) is 6.36. The molecule has 0 heterocycles. The molecule has 0 spiro atoms. The molecule has 1 fully saturated rings. The lowest BCUT2D eigenvalue weighted by Crippen LogP contribution is -2.48. The summed E-state index contributed by atoms with van der Waals surface area (Å²) >= 11 is 0. The Balaban J connectivity index is 2.24. The molecule has 1 saturated carbocycles. The van der Waals surface area contributed by atoms with E-state index in [0.717, 1.165) is 19.0 Å². The molecule has 1 aliphatic carbocycles. The van der Waals surface area contributed by atoms with Crippen molar-refractivity contribution in [3.63, 3.8) is 0 Å². The van der Waals surface area contributed by atoms with Crippen LogP contribution >= 0.6 is 0 Å². The summed E-state index contributed by atoms with van der Waals surface area (Å²) in [5.41, 5.74) is 5.11. The van der Waals surface area contributed by atoms with Gasteiger partial charge in [0, 0.05) is 13.1 Å². The first kappa shape index (κ1) is 14.5. The van der Waals surface area contributed by atoms with Crippen LogP contribution in [0.2, 0.25) is 0 Å². The quantitative estimate of drug-likeness (QED) is 0.685. The number of hydrogen-bond acceptors (Lipinski definition) is 4. The van der Waals surface area contributed by atoms with Gasteiger partial charge in [0.2, 0.25) is 0 Å². The van der Waals surface area contributed by atoms with E-state index in [0.29, 0.717) is 13.0 Å². The lowest BCUT2D eigenvalue weighted by Gasteiger charge is -2.31. The molecule has 4 heteroatoms. The predicted octanol–water partition coefficient (Wildman–Crippen LogP) is 1.39. The van der Waals surface area contributed by atoms with E-state index in [1.54, 1.807) is 13.8 Å². The SMILES string of the molecule is CCOC(=O)C(C)(N)CCN(C)CC1CCC1. The summed E-state index contributed by atoms with van der Waals surface area (Å²) in [6, 6.07) is 0. The average molecular weight is 242 g/mol. The molecule has 0 aromatic rings. The summed E-state index contributed by atoms with van der Waals surface area (Å²) in [6.07, 6.45) is 4.72. The summed E-state index contributed by atoms with van der Waals surface area (Å²) < 4.78 is 4.97. The second-order valence-electron chi connectivity index (χ2n) is 5.45. The first-order valence-corrected chi connectivity index (χ1v) is 6.60. The fraction of sp³-hybridized carbons (Fsp3) is 0.923. The van der Waals surface area contributed by atoms with Gasteiger partial charge in [-0.2, -0.15) is 0 Å². The number of carbonyl (C=O) groups is 1. The summed E-state index contributed by atoms with van der Waals surface area (Å²) in [7, 11) is 2.10. The van der Waals surface area contributed by atoms with Gasteiger partial charge in [0.25, 0.3) is 0 Å². The van der Waals surface area contributed by atoms with Gasteiger partial charge in [0.05, 0.1) is 6.61 Å². The van der Waals surface area contributed by atoms with E-state index < -0.39 is 5.54 Å². The van der Waals surface area contributed by atoms with Crippen molar-refractivity contribution in [1.29, 1.82) is 0 Å². The Morgan fingerprint density at radius 3 is 2.65 bits per heavy atom. The van der Waals surface area contributed by atoms with Crippen molar-refractivity contribution >= 4 is 5.97 Å². The second-order valence-corrected chi connectivity index (χ2v) is 5.45. The number of carbonyl (C=O) groups excluding carboxylic acids is 1. The first-order chi connectivity index (χ1) is 7.95. The van der Waals surface area contributed by atoms with Crippen LogP contribution in [0.1, 0.15) is 39.5 Å². The molecule has 100 valence electrons. The zero-order valence-electron chi connectivity index (χ0n) is 11.4. The Morgan fingerprint density at radius 1 is 1.53 bits per heavy atom. The third kappa shape index (κ3) is 4.64. The molecule has 0 radical (unpaired) electrons. The molecule has 4 nitrogen and oxygen atoms in total. The lowest BCUT2D eigenvalue weighted by molar-refractivity contribution is -0.149. The molecule has 0 aliphatic heterocycles. The van der Waals surface area contributed by atoms with Crippen LogP contribution in [0.4, 0.5) is 0 Å². The van der Waals surface area contributed by atoms with E-state index >= 15 is 0 Å². The zero-order valence-corrected chi connectivity index (χ0v) is 11.4. The van der Waals surface area contributed by atoms with Crippen molar-refractivity contribution in [1.82, 2.24) is 4.90 Å². The van der Waals surface area contributed by atoms with Crippen LogP contribution in [0.15, 0.2) is 0 Å². The minimum Gasteiger partial charge on any atom is -0.465 e. The molecule has 17 heavy (non-hydrogen) atoms. The van der Waals surface area contributed by atoms with Crippen molar-refractivity contribution in [2.45, 2.75) is 45.1 Å². The smallest absolute Gasteiger partial charge is 0.325 e. The normalized spacial score (nSPS) is 19.8. The van der Waals surface area contributed by atoms with Crippen LogP contribution in [0.3, 0.4) is 0 Å². The Labute approximate surface area is 104 Å². The van der Waals surface area contributed by atoms with Crippen molar-refractivity contribution in [3.8, 4) is 0 Å². The van der Waals surface area contributed by atoms with Gasteiger partial charge in [-0.1, -0.05) is 6.42 Å². The molecular weight excluding hydrogens is 216 g/mol. The van der Waals surface area contributed by atoms with E-state index in [1.807, 2.05) is 0 Å². The van der Waals surface area contributed by atoms with Crippen LogP contribution in [0.5, 0.6) is 0 Å². The molecule has 1 aliphatic rings. The number of rotatable bonds is 7. The maximum atomic E-state index is 11.6. The van der Waals surface area contributed by atoms with E-state index in [1.165, 1.54) is 19.3 Å². The highest BCUT2D eigenvalue weighted by Crippen LogP contribution is 2.26. The summed E-state index contributed by atoms with van der Waals surface area (Å²) in [5.74, 6) is 0.559. The van der Waals surface area contributed by atoms with Gasteiger partial charge in [0.15, 0.2) is 0 Å². The highest BCUT2D eigenvalue weighted by Gasteiger charge is 2.30. The molecule has 1 unspecified atom stereocenters. The van der Waals surface area contributed by atoms with E-state index in [2.05, 4.69) is 11.9 Å². The number of nitrogens with zero attached hydrogens (tertiary/aromatic N) is 1.